The molecule has 27 heavy (non-hydrogen) atoms. The van der Waals surface area contributed by atoms with Gasteiger partial charge in [-0.2, -0.15) is 4.98 Å². The number of hydrogen-bond donors (Lipinski definition) is 2. The predicted octanol–water partition coefficient (Wildman–Crippen LogP) is 2.80. The monoisotopic (exact) mass is 365 g/mol. The molecule has 0 aliphatic carbocycles. The highest BCUT2D eigenvalue weighted by molar-refractivity contribution is 5.91. The SMILES string of the molecule is COc1ccc(Nc2nc(N3CCNCC3)nc3ccccc23)cc1OC. The van der Waals surface area contributed by atoms with Crippen LogP contribution in [0.4, 0.5) is 17.5 Å². The molecule has 0 spiro atoms. The molecule has 2 heterocycles. The summed E-state index contributed by atoms with van der Waals surface area (Å²) < 4.78 is 10.7. The Balaban J connectivity index is 1.73. The highest BCUT2D eigenvalue weighted by Gasteiger charge is 2.16. The van der Waals surface area contributed by atoms with Crippen LogP contribution in [0, 0.1) is 0 Å². The molecule has 7 heteroatoms. The van der Waals surface area contributed by atoms with E-state index in [0.29, 0.717) is 11.5 Å². The van der Waals surface area contributed by atoms with Crippen molar-refractivity contribution in [3.63, 3.8) is 0 Å². The van der Waals surface area contributed by atoms with Crippen molar-refractivity contribution in [3.8, 4) is 11.5 Å². The predicted molar refractivity (Wildman–Crippen MR) is 107 cm³/mol. The minimum Gasteiger partial charge on any atom is -0.493 e. The smallest absolute Gasteiger partial charge is 0.227 e. The van der Waals surface area contributed by atoms with Crippen molar-refractivity contribution in [2.24, 2.45) is 0 Å². The van der Waals surface area contributed by atoms with Gasteiger partial charge in [-0.05, 0) is 24.3 Å². The molecule has 3 aromatic rings. The van der Waals surface area contributed by atoms with Gasteiger partial charge in [0.15, 0.2) is 11.5 Å². The van der Waals surface area contributed by atoms with Gasteiger partial charge in [0.25, 0.3) is 0 Å². The Labute approximate surface area is 158 Å². The lowest BCUT2D eigenvalue weighted by Gasteiger charge is -2.28. The van der Waals surface area contributed by atoms with Gasteiger partial charge in [-0.15, -0.1) is 0 Å². The lowest BCUT2D eigenvalue weighted by Crippen LogP contribution is -2.44. The Kier molecular flexibility index (Phi) is 4.93. The Morgan fingerprint density at radius 3 is 2.52 bits per heavy atom. The molecule has 2 N–H and O–H groups in total. The Morgan fingerprint density at radius 2 is 1.74 bits per heavy atom. The Hall–Kier alpha value is -3.06. The second kappa shape index (κ2) is 7.67. The number of anilines is 3. The lowest BCUT2D eigenvalue weighted by molar-refractivity contribution is 0.355. The van der Waals surface area contributed by atoms with E-state index in [2.05, 4.69) is 15.5 Å². The van der Waals surface area contributed by atoms with Gasteiger partial charge >= 0.3 is 0 Å². The van der Waals surface area contributed by atoms with Crippen LogP contribution >= 0.6 is 0 Å². The van der Waals surface area contributed by atoms with E-state index in [0.717, 1.165) is 54.5 Å². The van der Waals surface area contributed by atoms with Crippen molar-refractivity contribution in [1.29, 1.82) is 0 Å². The quantitative estimate of drug-likeness (QED) is 0.720. The highest BCUT2D eigenvalue weighted by Crippen LogP contribution is 2.32. The molecule has 0 atom stereocenters. The molecule has 0 amide bonds. The molecule has 7 nitrogen and oxygen atoms in total. The fraction of sp³-hybridized carbons (Fsp3) is 0.300. The van der Waals surface area contributed by atoms with Crippen LogP contribution in [0.1, 0.15) is 0 Å². The molecule has 1 aromatic heterocycles. The van der Waals surface area contributed by atoms with Gasteiger partial charge < -0.3 is 25.0 Å². The van der Waals surface area contributed by atoms with Crippen molar-refractivity contribution in [3.05, 3.63) is 42.5 Å². The molecule has 140 valence electrons. The number of hydrogen-bond acceptors (Lipinski definition) is 7. The molecular formula is C20H23N5O2. The van der Waals surface area contributed by atoms with E-state index >= 15 is 0 Å². The molecule has 1 aliphatic rings. The van der Waals surface area contributed by atoms with Crippen molar-refractivity contribution in [1.82, 2.24) is 15.3 Å². The average molecular weight is 365 g/mol. The molecule has 1 aliphatic heterocycles. The summed E-state index contributed by atoms with van der Waals surface area (Å²) in [6, 6.07) is 13.8. The van der Waals surface area contributed by atoms with Crippen LogP contribution in [0.25, 0.3) is 10.9 Å². The van der Waals surface area contributed by atoms with Crippen LogP contribution in [0.15, 0.2) is 42.5 Å². The van der Waals surface area contributed by atoms with E-state index in [-0.39, 0.29) is 0 Å². The fourth-order valence-corrected chi connectivity index (χ4v) is 3.22. The molecule has 4 rings (SSSR count). The number of para-hydroxylation sites is 1. The maximum absolute atomic E-state index is 5.41. The molecule has 0 unspecified atom stereocenters. The van der Waals surface area contributed by atoms with Crippen molar-refractivity contribution >= 4 is 28.4 Å². The number of nitrogens with zero attached hydrogens (tertiary/aromatic N) is 3. The Bertz CT molecular complexity index is 941. The molecule has 0 saturated carbocycles. The summed E-state index contributed by atoms with van der Waals surface area (Å²) in [5, 5.41) is 7.76. The number of piperazine rings is 1. The Morgan fingerprint density at radius 1 is 0.963 bits per heavy atom. The molecule has 2 aromatic carbocycles. The van der Waals surface area contributed by atoms with E-state index < -0.39 is 0 Å². The molecule has 0 bridgehead atoms. The first-order valence-corrected chi connectivity index (χ1v) is 9.00. The first kappa shape index (κ1) is 17.4. The third-order valence-corrected chi connectivity index (χ3v) is 4.64. The summed E-state index contributed by atoms with van der Waals surface area (Å²) in [6.45, 7) is 3.67. The summed E-state index contributed by atoms with van der Waals surface area (Å²) in [5.74, 6) is 2.89. The van der Waals surface area contributed by atoms with Crippen molar-refractivity contribution < 1.29 is 9.47 Å². The fourth-order valence-electron chi connectivity index (χ4n) is 3.22. The summed E-state index contributed by atoms with van der Waals surface area (Å²) in [6.07, 6.45) is 0. The normalized spacial score (nSPS) is 14.2. The lowest BCUT2D eigenvalue weighted by atomic mass is 10.2. The number of nitrogens with one attached hydrogen (secondary N) is 2. The molecule has 1 saturated heterocycles. The minimum absolute atomic E-state index is 0.670. The third kappa shape index (κ3) is 3.59. The van der Waals surface area contributed by atoms with Gasteiger partial charge in [-0.1, -0.05) is 12.1 Å². The number of aromatic nitrogens is 2. The number of methoxy groups -OCH3 is 2. The summed E-state index contributed by atoms with van der Waals surface area (Å²) in [4.78, 5) is 11.8. The number of rotatable bonds is 5. The van der Waals surface area contributed by atoms with Gasteiger partial charge in [0.1, 0.15) is 5.82 Å². The third-order valence-electron chi connectivity index (χ3n) is 4.64. The number of benzene rings is 2. The summed E-state index contributed by atoms with van der Waals surface area (Å²) in [5.41, 5.74) is 1.80. The van der Waals surface area contributed by atoms with Gasteiger partial charge in [-0.25, -0.2) is 4.98 Å². The maximum Gasteiger partial charge on any atom is 0.227 e. The topological polar surface area (TPSA) is 71.5 Å². The van der Waals surface area contributed by atoms with Gasteiger partial charge in [0, 0.05) is 43.3 Å². The van der Waals surface area contributed by atoms with Gasteiger partial charge in [0.2, 0.25) is 5.95 Å². The van der Waals surface area contributed by atoms with Gasteiger partial charge in [0.05, 0.1) is 19.7 Å². The number of ether oxygens (including phenoxy) is 2. The van der Waals surface area contributed by atoms with Crippen LogP contribution in [-0.4, -0.2) is 50.4 Å². The van der Waals surface area contributed by atoms with Crippen molar-refractivity contribution in [2.75, 3.05) is 50.6 Å². The van der Waals surface area contributed by atoms with Gasteiger partial charge in [-0.3, -0.25) is 0 Å². The maximum atomic E-state index is 5.41. The van der Waals surface area contributed by atoms with Crippen LogP contribution in [0.3, 0.4) is 0 Å². The van der Waals surface area contributed by atoms with Crippen LogP contribution in [0.5, 0.6) is 11.5 Å². The van der Waals surface area contributed by atoms with E-state index in [1.54, 1.807) is 14.2 Å². The minimum atomic E-state index is 0.670. The van der Waals surface area contributed by atoms with E-state index in [9.17, 15) is 0 Å². The molecule has 0 radical (unpaired) electrons. The average Bonchev–Trinajstić information content (AvgIpc) is 2.74. The van der Waals surface area contributed by atoms with Crippen molar-refractivity contribution in [2.45, 2.75) is 0 Å². The highest BCUT2D eigenvalue weighted by atomic mass is 16.5. The zero-order valence-electron chi connectivity index (χ0n) is 15.5. The van der Waals surface area contributed by atoms with Crippen LogP contribution < -0.4 is 25.0 Å². The summed E-state index contributed by atoms with van der Waals surface area (Å²) in [7, 11) is 3.26. The van der Waals surface area contributed by atoms with Crippen LogP contribution in [-0.2, 0) is 0 Å². The zero-order chi connectivity index (χ0) is 18.6. The molecular weight excluding hydrogens is 342 g/mol. The molecule has 1 fully saturated rings. The van der Waals surface area contributed by atoms with E-state index in [4.69, 9.17) is 19.4 Å². The second-order valence-corrected chi connectivity index (χ2v) is 6.32. The van der Waals surface area contributed by atoms with E-state index in [1.165, 1.54) is 0 Å². The second-order valence-electron chi connectivity index (χ2n) is 6.32. The van der Waals surface area contributed by atoms with Crippen LogP contribution in [0.2, 0.25) is 0 Å². The first-order chi connectivity index (χ1) is 13.3. The largest absolute Gasteiger partial charge is 0.493 e. The zero-order valence-corrected chi connectivity index (χ0v) is 15.5. The summed E-state index contributed by atoms with van der Waals surface area (Å²) >= 11 is 0. The number of fused-ring (bicyclic) bond motifs is 1. The van der Waals surface area contributed by atoms with E-state index in [1.807, 2.05) is 42.5 Å². The first-order valence-electron chi connectivity index (χ1n) is 9.00. The standard InChI is InChI=1S/C20H23N5O2/c1-26-17-8-7-14(13-18(17)27-2)22-19-15-5-3-4-6-16(15)23-20(24-19)25-11-9-21-10-12-25/h3-8,13,21H,9-12H2,1-2H3,(H,22,23,24).